The Balaban J connectivity index is 2.36. The molecule has 0 saturated carbocycles. The zero-order valence-corrected chi connectivity index (χ0v) is 11.0. The summed E-state index contributed by atoms with van der Waals surface area (Å²) in [4.78, 5) is 0. The maximum atomic E-state index is 10.6. The maximum absolute atomic E-state index is 10.6. The summed E-state index contributed by atoms with van der Waals surface area (Å²) >= 11 is 0. The van der Waals surface area contributed by atoms with E-state index in [9.17, 15) is 5.11 Å². The summed E-state index contributed by atoms with van der Waals surface area (Å²) in [5.41, 5.74) is 1.81. The molecule has 0 heterocycles. The SMILES string of the molecule is C=C[C@@H](c1ccccc1)[C@@H](O)c1ccccc1OC. The minimum atomic E-state index is -0.670. The highest BCUT2D eigenvalue weighted by atomic mass is 16.5. The first-order valence-corrected chi connectivity index (χ1v) is 6.26. The predicted octanol–water partition coefficient (Wildman–Crippen LogP) is 3.70. The van der Waals surface area contributed by atoms with Crippen molar-refractivity contribution in [1.82, 2.24) is 0 Å². The van der Waals surface area contributed by atoms with Crippen LogP contribution >= 0.6 is 0 Å². The van der Waals surface area contributed by atoms with Gasteiger partial charge in [0.15, 0.2) is 0 Å². The Hall–Kier alpha value is -2.06. The molecule has 2 nitrogen and oxygen atoms in total. The van der Waals surface area contributed by atoms with Gasteiger partial charge in [-0.25, -0.2) is 0 Å². The molecule has 19 heavy (non-hydrogen) atoms. The van der Waals surface area contributed by atoms with E-state index in [-0.39, 0.29) is 5.92 Å². The van der Waals surface area contributed by atoms with Crippen molar-refractivity contribution in [2.45, 2.75) is 12.0 Å². The summed E-state index contributed by atoms with van der Waals surface area (Å²) in [5.74, 6) is 0.537. The Bertz CT molecular complexity index is 534. The monoisotopic (exact) mass is 254 g/mol. The van der Waals surface area contributed by atoms with Crippen LogP contribution in [0.25, 0.3) is 0 Å². The molecular formula is C17H18O2. The van der Waals surface area contributed by atoms with Gasteiger partial charge in [-0.2, -0.15) is 0 Å². The third-order valence-corrected chi connectivity index (χ3v) is 3.24. The summed E-state index contributed by atoms with van der Waals surface area (Å²) in [7, 11) is 1.61. The summed E-state index contributed by atoms with van der Waals surface area (Å²) in [5, 5.41) is 10.6. The predicted molar refractivity (Wildman–Crippen MR) is 77.3 cm³/mol. The van der Waals surface area contributed by atoms with Crippen LogP contribution in [0.3, 0.4) is 0 Å². The summed E-state index contributed by atoms with van der Waals surface area (Å²) < 4.78 is 5.30. The second-order valence-corrected chi connectivity index (χ2v) is 4.36. The third kappa shape index (κ3) is 2.85. The number of benzene rings is 2. The molecule has 0 aromatic heterocycles. The summed E-state index contributed by atoms with van der Waals surface area (Å²) in [6.07, 6.45) is 1.10. The molecule has 1 N–H and O–H groups in total. The second kappa shape index (κ2) is 6.21. The van der Waals surface area contributed by atoms with Crippen LogP contribution in [0.5, 0.6) is 5.75 Å². The van der Waals surface area contributed by atoms with Crippen molar-refractivity contribution >= 4 is 0 Å². The summed E-state index contributed by atoms with van der Waals surface area (Å²) in [6, 6.07) is 17.4. The van der Waals surface area contributed by atoms with E-state index < -0.39 is 6.10 Å². The molecule has 0 aliphatic heterocycles. The quantitative estimate of drug-likeness (QED) is 0.824. The molecule has 0 radical (unpaired) electrons. The van der Waals surface area contributed by atoms with Gasteiger partial charge in [0, 0.05) is 11.5 Å². The van der Waals surface area contributed by atoms with E-state index in [4.69, 9.17) is 4.74 Å². The maximum Gasteiger partial charge on any atom is 0.124 e. The van der Waals surface area contributed by atoms with Crippen LogP contribution in [0.2, 0.25) is 0 Å². The molecule has 0 amide bonds. The van der Waals surface area contributed by atoms with E-state index in [0.717, 1.165) is 11.1 Å². The third-order valence-electron chi connectivity index (χ3n) is 3.24. The lowest BCUT2D eigenvalue weighted by atomic mass is 9.89. The molecule has 0 saturated heterocycles. The first kappa shape index (κ1) is 13.4. The van der Waals surface area contributed by atoms with Crippen LogP contribution in [0.15, 0.2) is 67.3 Å². The fourth-order valence-electron chi connectivity index (χ4n) is 2.23. The Labute approximate surface area is 114 Å². The van der Waals surface area contributed by atoms with E-state index >= 15 is 0 Å². The van der Waals surface area contributed by atoms with Crippen molar-refractivity contribution in [3.8, 4) is 5.75 Å². The molecule has 0 aliphatic rings. The Morgan fingerprint density at radius 3 is 2.32 bits per heavy atom. The van der Waals surface area contributed by atoms with Gasteiger partial charge in [0.25, 0.3) is 0 Å². The van der Waals surface area contributed by atoms with Gasteiger partial charge < -0.3 is 9.84 Å². The van der Waals surface area contributed by atoms with E-state index in [1.807, 2.05) is 54.6 Å². The largest absolute Gasteiger partial charge is 0.496 e. The van der Waals surface area contributed by atoms with Gasteiger partial charge in [0.2, 0.25) is 0 Å². The Morgan fingerprint density at radius 1 is 1.05 bits per heavy atom. The van der Waals surface area contributed by atoms with Gasteiger partial charge >= 0.3 is 0 Å². The fraction of sp³-hybridized carbons (Fsp3) is 0.176. The van der Waals surface area contributed by atoms with Crippen molar-refractivity contribution < 1.29 is 9.84 Å². The van der Waals surface area contributed by atoms with Crippen molar-refractivity contribution in [1.29, 1.82) is 0 Å². The highest BCUT2D eigenvalue weighted by Gasteiger charge is 2.22. The first-order chi connectivity index (χ1) is 9.27. The minimum Gasteiger partial charge on any atom is -0.496 e. The number of rotatable bonds is 5. The van der Waals surface area contributed by atoms with Gasteiger partial charge in [-0.1, -0.05) is 54.6 Å². The van der Waals surface area contributed by atoms with Crippen LogP contribution in [0.1, 0.15) is 23.1 Å². The second-order valence-electron chi connectivity index (χ2n) is 4.36. The number of hydrogen-bond donors (Lipinski definition) is 1. The van der Waals surface area contributed by atoms with Crippen LogP contribution in [-0.4, -0.2) is 12.2 Å². The Morgan fingerprint density at radius 2 is 1.68 bits per heavy atom. The van der Waals surface area contributed by atoms with E-state index in [2.05, 4.69) is 6.58 Å². The van der Waals surface area contributed by atoms with Crippen molar-refractivity contribution in [3.63, 3.8) is 0 Å². The average molecular weight is 254 g/mol. The fourth-order valence-corrected chi connectivity index (χ4v) is 2.23. The van der Waals surface area contributed by atoms with Crippen molar-refractivity contribution in [2.24, 2.45) is 0 Å². The van der Waals surface area contributed by atoms with Gasteiger partial charge in [0.05, 0.1) is 13.2 Å². The topological polar surface area (TPSA) is 29.5 Å². The van der Waals surface area contributed by atoms with Crippen LogP contribution in [-0.2, 0) is 0 Å². The number of para-hydroxylation sites is 1. The molecule has 2 aromatic rings. The lowest BCUT2D eigenvalue weighted by Crippen LogP contribution is -2.10. The normalized spacial score (nSPS) is 13.6. The zero-order chi connectivity index (χ0) is 13.7. The molecular weight excluding hydrogens is 236 g/mol. The molecule has 2 heteroatoms. The highest BCUT2D eigenvalue weighted by molar-refractivity contribution is 5.38. The molecule has 98 valence electrons. The zero-order valence-electron chi connectivity index (χ0n) is 11.0. The highest BCUT2D eigenvalue weighted by Crippen LogP contribution is 2.36. The van der Waals surface area contributed by atoms with E-state index in [0.29, 0.717) is 5.75 Å². The van der Waals surface area contributed by atoms with Crippen LogP contribution in [0.4, 0.5) is 0 Å². The van der Waals surface area contributed by atoms with Crippen LogP contribution in [0, 0.1) is 0 Å². The van der Waals surface area contributed by atoms with Gasteiger partial charge in [-0.05, 0) is 11.6 Å². The molecule has 2 rings (SSSR count). The Kier molecular flexibility index (Phi) is 4.37. The molecule has 0 fully saturated rings. The molecule has 0 spiro atoms. The van der Waals surface area contributed by atoms with Gasteiger partial charge in [-0.15, -0.1) is 6.58 Å². The summed E-state index contributed by atoms with van der Waals surface area (Å²) in [6.45, 7) is 3.84. The lowest BCUT2D eigenvalue weighted by Gasteiger charge is -2.22. The number of aliphatic hydroxyl groups excluding tert-OH is 1. The van der Waals surface area contributed by atoms with Gasteiger partial charge in [-0.3, -0.25) is 0 Å². The molecule has 0 bridgehead atoms. The minimum absolute atomic E-state index is 0.155. The van der Waals surface area contributed by atoms with Crippen LogP contribution < -0.4 is 4.74 Å². The van der Waals surface area contributed by atoms with E-state index in [1.165, 1.54) is 0 Å². The molecule has 0 unspecified atom stereocenters. The van der Waals surface area contributed by atoms with Crippen molar-refractivity contribution in [2.75, 3.05) is 7.11 Å². The van der Waals surface area contributed by atoms with Gasteiger partial charge in [0.1, 0.15) is 5.75 Å². The van der Waals surface area contributed by atoms with E-state index in [1.54, 1.807) is 13.2 Å². The average Bonchev–Trinajstić information content (AvgIpc) is 2.49. The molecule has 2 aromatic carbocycles. The smallest absolute Gasteiger partial charge is 0.124 e. The number of hydrogen-bond acceptors (Lipinski definition) is 2. The lowest BCUT2D eigenvalue weighted by molar-refractivity contribution is 0.158. The molecule has 0 aliphatic carbocycles. The number of methoxy groups -OCH3 is 1. The first-order valence-electron chi connectivity index (χ1n) is 6.26. The number of ether oxygens (including phenoxy) is 1. The number of aliphatic hydroxyl groups is 1. The molecule has 2 atom stereocenters. The standard InChI is InChI=1S/C17H18O2/c1-3-14(13-9-5-4-6-10-13)17(18)15-11-7-8-12-16(15)19-2/h3-12,14,17-18H,1H2,2H3/t14-,17+/m0/s1. The van der Waals surface area contributed by atoms with Crippen molar-refractivity contribution in [3.05, 3.63) is 78.4 Å².